The summed E-state index contributed by atoms with van der Waals surface area (Å²) in [6, 6.07) is 3.53. The number of esters is 1. The van der Waals surface area contributed by atoms with Gasteiger partial charge in [0.1, 0.15) is 13.2 Å². The lowest BCUT2D eigenvalue weighted by molar-refractivity contribution is -0.127. The molecule has 1 aromatic carbocycles. The van der Waals surface area contributed by atoms with Crippen LogP contribution in [0.2, 0.25) is 0 Å². The molecule has 1 heterocycles. The van der Waals surface area contributed by atoms with Gasteiger partial charge in [-0.15, -0.1) is 0 Å². The molecule has 112 valence electrons. The second kappa shape index (κ2) is 6.12. The van der Waals surface area contributed by atoms with Gasteiger partial charge in [-0.3, -0.25) is 10.1 Å². The molecule has 0 saturated carbocycles. The molecule has 0 unspecified atom stereocenters. The third-order valence-electron chi connectivity index (χ3n) is 2.68. The number of imide groups is 1. The van der Waals surface area contributed by atoms with Gasteiger partial charge in [-0.25, -0.2) is 9.59 Å². The lowest BCUT2D eigenvalue weighted by Crippen LogP contribution is -2.42. The largest absolute Gasteiger partial charge is 0.486 e. The van der Waals surface area contributed by atoms with Crippen molar-refractivity contribution in [2.75, 3.05) is 13.2 Å². The molecule has 8 nitrogen and oxygen atoms in total. The van der Waals surface area contributed by atoms with Crippen molar-refractivity contribution in [3.05, 3.63) is 23.8 Å². The molecule has 0 bridgehead atoms. The minimum atomic E-state index is -1.15. The summed E-state index contributed by atoms with van der Waals surface area (Å²) < 4.78 is 15.6. The van der Waals surface area contributed by atoms with Crippen molar-refractivity contribution >= 4 is 17.9 Å². The normalized spacial score (nSPS) is 14.0. The highest BCUT2D eigenvalue weighted by molar-refractivity contribution is 5.98. The van der Waals surface area contributed by atoms with Crippen molar-refractivity contribution in [2.24, 2.45) is 5.73 Å². The molecule has 3 N–H and O–H groups in total. The van der Waals surface area contributed by atoms with Crippen molar-refractivity contribution in [1.29, 1.82) is 0 Å². The van der Waals surface area contributed by atoms with E-state index in [9.17, 15) is 14.4 Å². The second-order valence-electron chi connectivity index (χ2n) is 4.26. The number of hydrogen-bond donors (Lipinski definition) is 2. The number of nitrogens with one attached hydrogen (secondary N) is 1. The highest BCUT2D eigenvalue weighted by Crippen LogP contribution is 2.30. The molecule has 3 amide bonds. The van der Waals surface area contributed by atoms with Crippen molar-refractivity contribution in [3.8, 4) is 11.5 Å². The van der Waals surface area contributed by atoms with Crippen LogP contribution in [0.15, 0.2) is 18.2 Å². The van der Waals surface area contributed by atoms with Gasteiger partial charge in [-0.1, -0.05) is 0 Å². The van der Waals surface area contributed by atoms with E-state index in [1.54, 1.807) is 6.07 Å². The molecular formula is C13H14N2O6. The van der Waals surface area contributed by atoms with Crippen molar-refractivity contribution in [3.63, 3.8) is 0 Å². The van der Waals surface area contributed by atoms with Crippen LogP contribution in [0, 0.1) is 0 Å². The van der Waals surface area contributed by atoms with Crippen LogP contribution in [0.4, 0.5) is 4.79 Å². The summed E-state index contributed by atoms with van der Waals surface area (Å²) in [7, 11) is 0. The Morgan fingerprint density at radius 3 is 2.57 bits per heavy atom. The average Bonchev–Trinajstić information content (AvgIpc) is 2.45. The Balaban J connectivity index is 2.03. The minimum Gasteiger partial charge on any atom is -0.486 e. The van der Waals surface area contributed by atoms with Gasteiger partial charge >= 0.3 is 12.0 Å². The highest BCUT2D eigenvalue weighted by Gasteiger charge is 2.21. The second-order valence-corrected chi connectivity index (χ2v) is 4.26. The molecule has 21 heavy (non-hydrogen) atoms. The van der Waals surface area contributed by atoms with E-state index in [2.05, 4.69) is 0 Å². The van der Waals surface area contributed by atoms with Crippen LogP contribution in [-0.4, -0.2) is 37.2 Å². The summed E-state index contributed by atoms with van der Waals surface area (Å²) in [6.07, 6.45) is -1.15. The van der Waals surface area contributed by atoms with E-state index in [1.807, 2.05) is 5.32 Å². The van der Waals surface area contributed by atoms with Crippen molar-refractivity contribution < 1.29 is 28.6 Å². The summed E-state index contributed by atoms with van der Waals surface area (Å²) in [6.45, 7) is 2.16. The zero-order chi connectivity index (χ0) is 15.4. The van der Waals surface area contributed by atoms with E-state index in [0.717, 1.165) is 0 Å². The predicted octanol–water partition coefficient (Wildman–Crippen LogP) is 0.198. The van der Waals surface area contributed by atoms with Crippen LogP contribution in [0.3, 0.4) is 0 Å². The topological polar surface area (TPSA) is 117 Å². The first-order chi connectivity index (χ1) is 9.97. The Kier molecular flexibility index (Phi) is 4.27. The number of rotatable bonds is 3. The molecule has 1 atom stereocenters. The number of nitrogens with two attached hydrogens (primary N) is 1. The van der Waals surface area contributed by atoms with Gasteiger partial charge in [0.2, 0.25) is 0 Å². The maximum absolute atomic E-state index is 11.9. The van der Waals surface area contributed by atoms with E-state index >= 15 is 0 Å². The fourth-order valence-electron chi connectivity index (χ4n) is 1.68. The Morgan fingerprint density at radius 1 is 1.24 bits per heavy atom. The molecule has 0 fully saturated rings. The number of amides is 3. The van der Waals surface area contributed by atoms with Crippen molar-refractivity contribution in [2.45, 2.75) is 13.0 Å². The van der Waals surface area contributed by atoms with Crippen LogP contribution in [0.1, 0.15) is 17.3 Å². The van der Waals surface area contributed by atoms with E-state index in [-0.39, 0.29) is 5.56 Å². The SMILES string of the molecule is C[C@H](OC(=O)c1ccc2c(c1)OCCO2)C(=O)NC(N)=O. The molecule has 0 radical (unpaired) electrons. The number of urea groups is 1. The summed E-state index contributed by atoms with van der Waals surface area (Å²) in [5.74, 6) is -0.547. The van der Waals surface area contributed by atoms with E-state index in [1.165, 1.54) is 19.1 Å². The number of carbonyl (C=O) groups is 3. The quantitative estimate of drug-likeness (QED) is 0.769. The predicted molar refractivity (Wildman–Crippen MR) is 70.0 cm³/mol. The molecule has 1 aliphatic heterocycles. The van der Waals surface area contributed by atoms with Crippen LogP contribution >= 0.6 is 0 Å². The fourth-order valence-corrected chi connectivity index (χ4v) is 1.68. The highest BCUT2D eigenvalue weighted by atomic mass is 16.6. The van der Waals surface area contributed by atoms with E-state index in [0.29, 0.717) is 24.7 Å². The number of benzene rings is 1. The summed E-state index contributed by atoms with van der Waals surface area (Å²) in [4.78, 5) is 33.9. The third-order valence-corrected chi connectivity index (χ3v) is 2.68. The third kappa shape index (κ3) is 3.62. The van der Waals surface area contributed by atoms with Gasteiger partial charge in [-0.2, -0.15) is 0 Å². The molecule has 0 aliphatic carbocycles. The lowest BCUT2D eigenvalue weighted by Gasteiger charge is -2.19. The maximum Gasteiger partial charge on any atom is 0.339 e. The maximum atomic E-state index is 11.9. The van der Waals surface area contributed by atoms with E-state index < -0.39 is 24.0 Å². The van der Waals surface area contributed by atoms with Gasteiger partial charge in [-0.05, 0) is 25.1 Å². The lowest BCUT2D eigenvalue weighted by atomic mass is 10.2. The number of primary amides is 1. The zero-order valence-electron chi connectivity index (χ0n) is 11.3. The Morgan fingerprint density at radius 2 is 1.90 bits per heavy atom. The van der Waals surface area contributed by atoms with Gasteiger partial charge in [0, 0.05) is 0 Å². The smallest absolute Gasteiger partial charge is 0.339 e. The molecule has 0 spiro atoms. The van der Waals surface area contributed by atoms with E-state index in [4.69, 9.17) is 19.9 Å². The Labute approximate surface area is 120 Å². The minimum absolute atomic E-state index is 0.206. The first-order valence-electron chi connectivity index (χ1n) is 6.18. The van der Waals surface area contributed by atoms with Gasteiger partial charge in [0.15, 0.2) is 17.6 Å². The number of ether oxygens (including phenoxy) is 3. The average molecular weight is 294 g/mol. The molecule has 1 aliphatic rings. The van der Waals surface area contributed by atoms with Gasteiger partial charge in [0.05, 0.1) is 5.56 Å². The number of fused-ring (bicyclic) bond motifs is 1. The standard InChI is InChI=1S/C13H14N2O6/c1-7(11(16)15-13(14)18)21-12(17)8-2-3-9-10(6-8)20-5-4-19-9/h2-3,6-7H,4-5H2,1H3,(H3,14,15,16,18)/t7-/m0/s1. The first kappa shape index (κ1) is 14.6. The number of hydrogen-bond acceptors (Lipinski definition) is 6. The molecule has 0 saturated heterocycles. The van der Waals surface area contributed by atoms with Crippen LogP contribution in [-0.2, 0) is 9.53 Å². The summed E-state index contributed by atoms with van der Waals surface area (Å²) >= 11 is 0. The molecule has 0 aromatic heterocycles. The molecule has 1 aromatic rings. The zero-order valence-corrected chi connectivity index (χ0v) is 11.3. The molecule has 2 rings (SSSR count). The fraction of sp³-hybridized carbons (Fsp3) is 0.308. The Bertz CT molecular complexity index is 586. The van der Waals surface area contributed by atoms with Crippen LogP contribution in [0.5, 0.6) is 11.5 Å². The summed E-state index contributed by atoms with van der Waals surface area (Å²) in [5.41, 5.74) is 5.01. The summed E-state index contributed by atoms with van der Waals surface area (Å²) in [5, 5.41) is 1.83. The van der Waals surface area contributed by atoms with Crippen LogP contribution < -0.4 is 20.5 Å². The van der Waals surface area contributed by atoms with Gasteiger partial charge in [0.25, 0.3) is 5.91 Å². The monoisotopic (exact) mass is 294 g/mol. The van der Waals surface area contributed by atoms with Crippen molar-refractivity contribution in [1.82, 2.24) is 5.32 Å². The van der Waals surface area contributed by atoms with Gasteiger partial charge < -0.3 is 19.9 Å². The van der Waals surface area contributed by atoms with Crippen LogP contribution in [0.25, 0.3) is 0 Å². The number of carbonyl (C=O) groups excluding carboxylic acids is 3. The Hall–Kier alpha value is -2.77. The first-order valence-corrected chi connectivity index (χ1v) is 6.18. The molecular weight excluding hydrogens is 280 g/mol. The molecule has 8 heteroatoms.